The van der Waals surface area contributed by atoms with E-state index in [-0.39, 0.29) is 10.5 Å². The van der Waals surface area contributed by atoms with Gasteiger partial charge in [0, 0.05) is 19.4 Å². The molecule has 0 radical (unpaired) electrons. The maximum atomic E-state index is 14.4. The smallest absolute Gasteiger partial charge is 0.303 e. The fourth-order valence-electron chi connectivity index (χ4n) is 3.10. The summed E-state index contributed by atoms with van der Waals surface area (Å²) in [5.74, 6) is -3.15. The molecule has 0 unspecified atom stereocenters. The highest BCUT2D eigenvalue weighted by molar-refractivity contribution is 7.86. The van der Waals surface area contributed by atoms with Crippen LogP contribution in [0.25, 0.3) is 0 Å². The van der Waals surface area contributed by atoms with Crippen LogP contribution in [0.4, 0.5) is 8.78 Å². The highest BCUT2D eigenvalue weighted by atomic mass is 32.2. The minimum Gasteiger partial charge on any atom is -0.455 e. The van der Waals surface area contributed by atoms with Crippen LogP contribution in [0.3, 0.4) is 0 Å². The summed E-state index contributed by atoms with van der Waals surface area (Å²) in [5, 5.41) is 12.8. The van der Waals surface area contributed by atoms with E-state index in [1.165, 1.54) is 12.1 Å². The first-order valence-corrected chi connectivity index (χ1v) is 11.3. The van der Waals surface area contributed by atoms with Crippen molar-refractivity contribution >= 4 is 22.0 Å². The molecule has 0 bridgehead atoms. The number of benzene rings is 2. The third-order valence-electron chi connectivity index (χ3n) is 4.56. The molecule has 0 aliphatic carbocycles. The van der Waals surface area contributed by atoms with Crippen LogP contribution in [0, 0.1) is 18.6 Å². The van der Waals surface area contributed by atoms with E-state index in [2.05, 4.69) is 5.32 Å². The quantitative estimate of drug-likeness (QED) is 0.392. The standard InChI is InChI=1S/C22H25F2NO7S/c1-13-4-7-18(8-5-13)33(29,30)31-12-17(28)11-21(25-14(2)26)22(32-15(3)27)19-10-16(23)6-9-20(19)24/h4-10,17,21-22,28H,11-12H2,1-3H3,(H,25,26)/t17-,21-,22+/m0/s1. The second-order valence-corrected chi connectivity index (χ2v) is 9.06. The lowest BCUT2D eigenvalue weighted by molar-refractivity contribution is -0.150. The summed E-state index contributed by atoms with van der Waals surface area (Å²) < 4.78 is 62.8. The first-order valence-electron chi connectivity index (χ1n) is 9.92. The van der Waals surface area contributed by atoms with Gasteiger partial charge in [-0.1, -0.05) is 17.7 Å². The lowest BCUT2D eigenvalue weighted by atomic mass is 9.96. The number of aliphatic hydroxyl groups excluding tert-OH is 1. The Morgan fingerprint density at radius 3 is 2.30 bits per heavy atom. The molecule has 11 heteroatoms. The first kappa shape index (κ1) is 26.4. The Bertz CT molecular complexity index is 1090. The molecular weight excluding hydrogens is 460 g/mol. The van der Waals surface area contributed by atoms with Gasteiger partial charge in [-0.2, -0.15) is 8.42 Å². The lowest BCUT2D eigenvalue weighted by Gasteiger charge is -2.29. The molecule has 8 nitrogen and oxygen atoms in total. The van der Waals surface area contributed by atoms with Gasteiger partial charge in [0.25, 0.3) is 10.1 Å². The SMILES string of the molecule is CC(=O)N[C@@H](C[C@H](O)COS(=O)(=O)c1ccc(C)cc1)[C@H](OC(C)=O)c1cc(F)ccc1F. The highest BCUT2D eigenvalue weighted by Crippen LogP contribution is 2.28. The summed E-state index contributed by atoms with van der Waals surface area (Å²) in [6.07, 6.45) is -3.36. The van der Waals surface area contributed by atoms with Gasteiger partial charge in [0.05, 0.1) is 23.6 Å². The fourth-order valence-corrected chi connectivity index (χ4v) is 4.04. The van der Waals surface area contributed by atoms with Crippen molar-refractivity contribution < 1.29 is 40.8 Å². The van der Waals surface area contributed by atoms with Crippen molar-refractivity contribution in [2.45, 2.75) is 50.3 Å². The van der Waals surface area contributed by atoms with E-state index in [4.69, 9.17) is 8.92 Å². The van der Waals surface area contributed by atoms with E-state index in [9.17, 15) is 31.9 Å². The van der Waals surface area contributed by atoms with Crippen LogP contribution in [-0.2, 0) is 28.6 Å². The average molecular weight is 486 g/mol. The molecule has 0 fully saturated rings. The van der Waals surface area contributed by atoms with Crippen molar-refractivity contribution in [1.29, 1.82) is 0 Å². The fraction of sp³-hybridized carbons (Fsp3) is 0.364. The summed E-state index contributed by atoms with van der Waals surface area (Å²) >= 11 is 0. The van der Waals surface area contributed by atoms with Crippen LogP contribution in [-0.4, -0.2) is 44.2 Å². The molecule has 2 aromatic rings. The Morgan fingerprint density at radius 2 is 1.73 bits per heavy atom. The Balaban J connectivity index is 2.23. The minimum atomic E-state index is -4.18. The van der Waals surface area contributed by atoms with Crippen molar-refractivity contribution in [2.75, 3.05) is 6.61 Å². The summed E-state index contributed by atoms with van der Waals surface area (Å²) in [6.45, 7) is 3.28. The van der Waals surface area contributed by atoms with Crippen LogP contribution < -0.4 is 5.32 Å². The van der Waals surface area contributed by atoms with E-state index in [0.29, 0.717) is 0 Å². The predicted molar refractivity (Wildman–Crippen MR) is 113 cm³/mol. The summed E-state index contributed by atoms with van der Waals surface area (Å²) in [7, 11) is -4.18. The van der Waals surface area contributed by atoms with Gasteiger partial charge in [-0.3, -0.25) is 13.8 Å². The third kappa shape index (κ3) is 7.88. The molecule has 2 N–H and O–H groups in total. The number of hydrogen-bond donors (Lipinski definition) is 2. The van der Waals surface area contributed by atoms with Crippen molar-refractivity contribution in [3.8, 4) is 0 Å². The number of aryl methyl sites for hydroxylation is 1. The molecule has 0 saturated heterocycles. The van der Waals surface area contributed by atoms with Crippen molar-refractivity contribution in [3.63, 3.8) is 0 Å². The Morgan fingerprint density at radius 1 is 1.09 bits per heavy atom. The van der Waals surface area contributed by atoms with Gasteiger partial charge in [0.2, 0.25) is 5.91 Å². The first-order chi connectivity index (χ1) is 15.4. The molecule has 180 valence electrons. The number of nitrogens with one attached hydrogen (secondary N) is 1. The maximum absolute atomic E-state index is 14.4. The highest BCUT2D eigenvalue weighted by Gasteiger charge is 2.32. The van der Waals surface area contributed by atoms with Gasteiger partial charge < -0.3 is 15.2 Å². The Kier molecular flexibility index (Phi) is 9.03. The number of carbonyl (C=O) groups excluding carboxylic acids is 2. The van der Waals surface area contributed by atoms with Gasteiger partial charge in [-0.25, -0.2) is 8.78 Å². The third-order valence-corrected chi connectivity index (χ3v) is 5.86. The van der Waals surface area contributed by atoms with E-state index < -0.39 is 64.9 Å². The topological polar surface area (TPSA) is 119 Å². The van der Waals surface area contributed by atoms with Crippen molar-refractivity contribution in [3.05, 3.63) is 65.2 Å². The minimum absolute atomic E-state index is 0.113. The van der Waals surface area contributed by atoms with E-state index in [1.807, 2.05) is 0 Å². The zero-order valence-corrected chi connectivity index (χ0v) is 19.1. The average Bonchev–Trinajstić information content (AvgIpc) is 2.72. The Labute approximate surface area is 190 Å². The van der Waals surface area contributed by atoms with Crippen LogP contribution >= 0.6 is 0 Å². The largest absolute Gasteiger partial charge is 0.455 e. The second kappa shape index (κ2) is 11.3. The molecule has 0 spiro atoms. The van der Waals surface area contributed by atoms with Gasteiger partial charge in [0.15, 0.2) is 0 Å². The summed E-state index contributed by atoms with van der Waals surface area (Å²) in [4.78, 5) is 23.2. The number of halogens is 2. The molecule has 33 heavy (non-hydrogen) atoms. The molecule has 0 heterocycles. The van der Waals surface area contributed by atoms with Gasteiger partial charge in [-0.05, 0) is 43.7 Å². The molecule has 0 aliphatic rings. The monoisotopic (exact) mass is 485 g/mol. The normalized spacial score (nSPS) is 14.2. The summed E-state index contributed by atoms with van der Waals surface area (Å²) in [6, 6.07) is 7.15. The van der Waals surface area contributed by atoms with Crippen molar-refractivity contribution in [2.24, 2.45) is 0 Å². The molecule has 3 atom stereocenters. The second-order valence-electron chi connectivity index (χ2n) is 7.44. The van der Waals surface area contributed by atoms with Gasteiger partial charge >= 0.3 is 5.97 Å². The zero-order chi connectivity index (χ0) is 24.8. The number of ether oxygens (including phenoxy) is 1. The summed E-state index contributed by atoms with van der Waals surface area (Å²) in [5.41, 5.74) is 0.484. The van der Waals surface area contributed by atoms with E-state index >= 15 is 0 Å². The molecule has 2 rings (SSSR count). The van der Waals surface area contributed by atoms with Crippen LogP contribution in [0.1, 0.15) is 37.5 Å². The zero-order valence-electron chi connectivity index (χ0n) is 18.2. The molecule has 0 aliphatic heterocycles. The van der Waals surface area contributed by atoms with Crippen molar-refractivity contribution in [1.82, 2.24) is 5.32 Å². The number of aliphatic hydroxyl groups is 1. The molecule has 0 saturated carbocycles. The lowest BCUT2D eigenvalue weighted by Crippen LogP contribution is -2.43. The number of esters is 1. The number of rotatable bonds is 10. The number of hydrogen-bond acceptors (Lipinski definition) is 7. The van der Waals surface area contributed by atoms with Crippen LogP contribution in [0.15, 0.2) is 47.4 Å². The molecule has 0 aromatic heterocycles. The van der Waals surface area contributed by atoms with Crippen LogP contribution in [0.2, 0.25) is 0 Å². The molecule has 2 aromatic carbocycles. The van der Waals surface area contributed by atoms with Gasteiger partial charge in [0.1, 0.15) is 17.7 Å². The van der Waals surface area contributed by atoms with E-state index in [0.717, 1.165) is 37.6 Å². The predicted octanol–water partition coefficient (Wildman–Crippen LogP) is 2.54. The van der Waals surface area contributed by atoms with Gasteiger partial charge in [-0.15, -0.1) is 0 Å². The molecular formula is C22H25F2NO7S. The van der Waals surface area contributed by atoms with E-state index in [1.54, 1.807) is 19.1 Å². The van der Waals surface area contributed by atoms with Crippen LogP contribution in [0.5, 0.6) is 0 Å². The molecule has 1 amide bonds. The number of amides is 1. The maximum Gasteiger partial charge on any atom is 0.303 e. The number of carbonyl (C=O) groups is 2. The Hall–Kier alpha value is -2.89.